The fourth-order valence-electron chi connectivity index (χ4n) is 5.85. The first-order valence-electron chi connectivity index (χ1n) is 13.7. The molecule has 7 rings (SSSR count). The number of benzene rings is 1. The number of hydrogen-bond acceptors (Lipinski definition) is 9. The van der Waals surface area contributed by atoms with Crippen molar-refractivity contribution in [1.29, 1.82) is 0 Å². The molecule has 4 aromatic rings. The Morgan fingerprint density at radius 1 is 1.10 bits per heavy atom. The number of aromatic amines is 1. The Bertz CT molecular complexity index is 1480. The number of ether oxygens (including phenoxy) is 1. The van der Waals surface area contributed by atoms with E-state index in [9.17, 15) is 4.79 Å². The molecular formula is C28H32N10O2. The third kappa shape index (κ3) is 4.95. The van der Waals surface area contributed by atoms with E-state index in [2.05, 4.69) is 59.9 Å². The second kappa shape index (κ2) is 10.4. The van der Waals surface area contributed by atoms with E-state index in [0.29, 0.717) is 32.0 Å². The summed E-state index contributed by atoms with van der Waals surface area (Å²) in [6.07, 6.45) is 8.52. The van der Waals surface area contributed by atoms with Crippen LogP contribution in [0, 0.1) is 0 Å². The van der Waals surface area contributed by atoms with E-state index in [1.165, 1.54) is 11.1 Å². The summed E-state index contributed by atoms with van der Waals surface area (Å²) in [7, 11) is 1.74. The molecular weight excluding hydrogens is 508 g/mol. The number of carbonyl (C=O) groups excluding carboxylic acids is 1. The van der Waals surface area contributed by atoms with Gasteiger partial charge in [0.05, 0.1) is 24.0 Å². The van der Waals surface area contributed by atoms with Crippen LogP contribution in [0.2, 0.25) is 0 Å². The molecule has 1 aliphatic carbocycles. The number of anilines is 1. The number of likely N-dealkylation sites (tertiary alicyclic amines) is 1. The first kappa shape index (κ1) is 24.9. The number of amides is 1. The molecule has 0 atom stereocenters. The second-order valence-electron chi connectivity index (χ2n) is 10.8. The number of nitrogens with one attached hydrogen (secondary N) is 2. The highest BCUT2D eigenvalue weighted by Gasteiger charge is 2.29. The highest BCUT2D eigenvalue weighted by atomic mass is 16.5. The van der Waals surface area contributed by atoms with Crippen molar-refractivity contribution in [3.8, 4) is 11.1 Å². The fraction of sp³-hybridized carbons (Fsp3) is 0.429. The summed E-state index contributed by atoms with van der Waals surface area (Å²) in [6, 6.07) is 8.85. The van der Waals surface area contributed by atoms with Gasteiger partial charge in [-0.1, -0.05) is 24.3 Å². The Balaban J connectivity index is 1.07. The molecule has 2 N–H and O–H groups in total. The smallest absolute Gasteiger partial charge is 0.244 e. The standard InChI is InChI=1S/C28H32N10O2/c1-40-22-12-36(13-22)15-25-23(14-38(34-25)17-27(39)37-7-6-24-26(16-37)33-35-32-24)20-10-29-28(30-11-20)31-21-8-18-4-2-3-5-19(18)9-21/h2-5,10-11,14,21-22H,6-9,12-13,15-17H2,1H3,(H,29,30,31)(H,32,33,35). The molecule has 206 valence electrons. The lowest BCUT2D eigenvalue weighted by atomic mass is 10.1. The lowest BCUT2D eigenvalue weighted by Crippen LogP contribution is -2.51. The molecule has 0 bridgehead atoms. The van der Waals surface area contributed by atoms with Crippen molar-refractivity contribution in [2.45, 2.75) is 51.0 Å². The molecule has 0 unspecified atom stereocenters. The van der Waals surface area contributed by atoms with E-state index in [-0.39, 0.29) is 24.6 Å². The lowest BCUT2D eigenvalue weighted by Gasteiger charge is -2.37. The maximum Gasteiger partial charge on any atom is 0.244 e. The summed E-state index contributed by atoms with van der Waals surface area (Å²) in [6.45, 7) is 3.63. The van der Waals surface area contributed by atoms with Gasteiger partial charge in [-0.2, -0.15) is 20.5 Å². The Kier molecular flexibility index (Phi) is 6.48. The molecule has 12 heteroatoms. The van der Waals surface area contributed by atoms with Gasteiger partial charge < -0.3 is 15.0 Å². The molecule has 3 aliphatic rings. The topological polar surface area (TPSA) is 130 Å². The number of rotatable bonds is 8. The maximum absolute atomic E-state index is 13.2. The summed E-state index contributed by atoms with van der Waals surface area (Å²) >= 11 is 0. The highest BCUT2D eigenvalue weighted by Crippen LogP contribution is 2.27. The molecule has 1 aromatic carbocycles. The van der Waals surface area contributed by atoms with E-state index < -0.39 is 0 Å². The highest BCUT2D eigenvalue weighted by molar-refractivity contribution is 5.76. The number of methoxy groups -OCH3 is 1. The maximum atomic E-state index is 13.2. The minimum absolute atomic E-state index is 0.00556. The molecule has 12 nitrogen and oxygen atoms in total. The molecule has 5 heterocycles. The van der Waals surface area contributed by atoms with Gasteiger partial charge in [-0.3, -0.25) is 14.4 Å². The fourth-order valence-corrected chi connectivity index (χ4v) is 5.85. The van der Waals surface area contributed by atoms with Crippen molar-refractivity contribution in [3.05, 3.63) is 71.1 Å². The Morgan fingerprint density at radius 2 is 1.85 bits per heavy atom. The van der Waals surface area contributed by atoms with Crippen molar-refractivity contribution in [1.82, 2.24) is 45.0 Å². The van der Waals surface area contributed by atoms with Crippen LogP contribution in [0.5, 0.6) is 0 Å². The van der Waals surface area contributed by atoms with E-state index in [0.717, 1.165) is 54.1 Å². The van der Waals surface area contributed by atoms with E-state index >= 15 is 0 Å². The average Bonchev–Trinajstić information content (AvgIpc) is 3.68. The van der Waals surface area contributed by atoms with Crippen molar-refractivity contribution in [2.24, 2.45) is 0 Å². The van der Waals surface area contributed by atoms with Gasteiger partial charge in [-0.25, -0.2) is 9.97 Å². The number of nitrogens with zero attached hydrogens (tertiary/aromatic N) is 8. The lowest BCUT2D eigenvalue weighted by molar-refractivity contribution is -0.133. The monoisotopic (exact) mass is 540 g/mol. The van der Waals surface area contributed by atoms with Gasteiger partial charge in [0, 0.05) is 75.5 Å². The van der Waals surface area contributed by atoms with Gasteiger partial charge in [0.25, 0.3) is 0 Å². The molecule has 40 heavy (non-hydrogen) atoms. The number of hydrogen-bond donors (Lipinski definition) is 2. The minimum Gasteiger partial charge on any atom is -0.379 e. The second-order valence-corrected chi connectivity index (χ2v) is 10.8. The normalized spacial score (nSPS) is 17.5. The predicted octanol–water partition coefficient (Wildman–Crippen LogP) is 1.45. The van der Waals surface area contributed by atoms with Gasteiger partial charge in [-0.05, 0) is 24.0 Å². The number of aromatic nitrogens is 7. The molecule has 0 radical (unpaired) electrons. The zero-order valence-corrected chi connectivity index (χ0v) is 22.5. The van der Waals surface area contributed by atoms with Crippen LogP contribution in [0.4, 0.5) is 5.95 Å². The van der Waals surface area contributed by atoms with E-state index in [1.54, 1.807) is 11.8 Å². The summed E-state index contributed by atoms with van der Waals surface area (Å²) in [5.74, 6) is 0.625. The number of carbonyl (C=O) groups is 1. The largest absolute Gasteiger partial charge is 0.379 e. The summed E-state index contributed by atoms with van der Waals surface area (Å²) < 4.78 is 7.18. The van der Waals surface area contributed by atoms with Crippen molar-refractivity contribution >= 4 is 11.9 Å². The SMILES string of the molecule is COC1CN(Cc2nn(CC(=O)N3CCc4n[nH]nc4C3)cc2-c2cnc(NC3Cc4ccccc4C3)nc2)C1. The molecule has 0 saturated carbocycles. The molecule has 1 saturated heterocycles. The van der Waals surface area contributed by atoms with Crippen molar-refractivity contribution in [2.75, 3.05) is 32.1 Å². The van der Waals surface area contributed by atoms with Crippen LogP contribution >= 0.6 is 0 Å². The Morgan fingerprint density at radius 3 is 2.60 bits per heavy atom. The van der Waals surface area contributed by atoms with E-state index in [4.69, 9.17) is 9.84 Å². The van der Waals surface area contributed by atoms with Gasteiger partial charge >= 0.3 is 0 Å². The summed E-state index contributed by atoms with van der Waals surface area (Å²) in [5, 5.41) is 19.3. The molecule has 1 fully saturated rings. The first-order valence-corrected chi connectivity index (χ1v) is 13.7. The van der Waals surface area contributed by atoms with Crippen LogP contribution in [0.25, 0.3) is 11.1 Å². The van der Waals surface area contributed by atoms with Gasteiger partial charge in [-0.15, -0.1) is 0 Å². The van der Waals surface area contributed by atoms with Crippen LogP contribution in [0.1, 0.15) is 28.2 Å². The van der Waals surface area contributed by atoms with Crippen LogP contribution in [-0.4, -0.2) is 89.8 Å². The van der Waals surface area contributed by atoms with Crippen molar-refractivity contribution < 1.29 is 9.53 Å². The van der Waals surface area contributed by atoms with Crippen LogP contribution in [-0.2, 0) is 48.4 Å². The van der Waals surface area contributed by atoms with Crippen molar-refractivity contribution in [3.63, 3.8) is 0 Å². The van der Waals surface area contributed by atoms with Gasteiger partial charge in [0.1, 0.15) is 12.2 Å². The summed E-state index contributed by atoms with van der Waals surface area (Å²) in [4.78, 5) is 26.5. The zero-order valence-electron chi connectivity index (χ0n) is 22.5. The van der Waals surface area contributed by atoms with Gasteiger partial charge in [0.15, 0.2) is 0 Å². The number of fused-ring (bicyclic) bond motifs is 2. The summed E-state index contributed by atoms with van der Waals surface area (Å²) in [5.41, 5.74) is 7.25. The predicted molar refractivity (Wildman–Crippen MR) is 146 cm³/mol. The first-order chi connectivity index (χ1) is 19.6. The third-order valence-corrected chi connectivity index (χ3v) is 8.13. The van der Waals surface area contributed by atoms with Gasteiger partial charge in [0.2, 0.25) is 11.9 Å². The molecule has 3 aromatic heterocycles. The third-order valence-electron chi connectivity index (χ3n) is 8.13. The van der Waals surface area contributed by atoms with E-state index in [1.807, 2.05) is 23.5 Å². The molecule has 0 spiro atoms. The Hall–Kier alpha value is -4.16. The molecule has 2 aliphatic heterocycles. The quantitative estimate of drug-likeness (QED) is 0.341. The zero-order chi connectivity index (χ0) is 27.1. The van der Waals surface area contributed by atoms with Crippen LogP contribution < -0.4 is 5.32 Å². The average molecular weight is 541 g/mol. The molecule has 1 amide bonds. The minimum atomic E-state index is 0.00556. The Labute approximate surface area is 231 Å². The van der Waals surface area contributed by atoms with Crippen LogP contribution in [0.15, 0.2) is 42.9 Å². The van der Waals surface area contributed by atoms with Crippen LogP contribution in [0.3, 0.4) is 0 Å². The number of H-pyrrole nitrogens is 1.